The Labute approximate surface area is 174 Å². The highest BCUT2D eigenvalue weighted by Gasteiger charge is 2.08. The van der Waals surface area contributed by atoms with Crippen molar-refractivity contribution >= 4 is 29.9 Å². The van der Waals surface area contributed by atoms with Crippen LogP contribution in [0.3, 0.4) is 0 Å². The van der Waals surface area contributed by atoms with Crippen LogP contribution in [0.4, 0.5) is 0 Å². The molecule has 1 aromatic carbocycles. The molecule has 0 bridgehead atoms. The SMILES string of the molecule is CC(C)Oc1ccc(CCNC(N)=NCCCN2CCOCC2)cc1.I. The summed E-state index contributed by atoms with van der Waals surface area (Å²) in [6.07, 6.45) is 2.14. The van der Waals surface area contributed by atoms with Crippen molar-refractivity contribution in [2.75, 3.05) is 45.9 Å². The minimum Gasteiger partial charge on any atom is -0.491 e. The normalized spacial score (nSPS) is 15.6. The second kappa shape index (κ2) is 13.2. The lowest BCUT2D eigenvalue weighted by atomic mass is 10.1. The van der Waals surface area contributed by atoms with Gasteiger partial charge in [0.15, 0.2) is 5.96 Å². The molecule has 0 spiro atoms. The van der Waals surface area contributed by atoms with Crippen LogP contribution in [0.5, 0.6) is 5.75 Å². The molecule has 1 aliphatic heterocycles. The summed E-state index contributed by atoms with van der Waals surface area (Å²) in [5.41, 5.74) is 7.17. The van der Waals surface area contributed by atoms with Crippen molar-refractivity contribution in [3.05, 3.63) is 29.8 Å². The molecule has 0 amide bonds. The summed E-state index contributed by atoms with van der Waals surface area (Å²) in [6.45, 7) is 10.4. The topological polar surface area (TPSA) is 72.1 Å². The van der Waals surface area contributed by atoms with Gasteiger partial charge in [-0.15, -0.1) is 24.0 Å². The predicted octanol–water partition coefficient (Wildman–Crippen LogP) is 2.26. The molecule has 148 valence electrons. The fourth-order valence-corrected chi connectivity index (χ4v) is 2.72. The molecule has 1 heterocycles. The lowest BCUT2D eigenvalue weighted by Gasteiger charge is -2.26. The van der Waals surface area contributed by atoms with Crippen molar-refractivity contribution in [2.45, 2.75) is 32.8 Å². The summed E-state index contributed by atoms with van der Waals surface area (Å²) in [7, 11) is 0. The van der Waals surface area contributed by atoms with Crippen LogP contribution in [0.15, 0.2) is 29.3 Å². The van der Waals surface area contributed by atoms with E-state index < -0.39 is 0 Å². The molecule has 7 heteroatoms. The summed E-state index contributed by atoms with van der Waals surface area (Å²) in [5.74, 6) is 1.44. The summed E-state index contributed by atoms with van der Waals surface area (Å²) < 4.78 is 11.0. The van der Waals surface area contributed by atoms with Crippen LogP contribution in [-0.2, 0) is 11.2 Å². The zero-order chi connectivity index (χ0) is 17.9. The second-order valence-corrected chi connectivity index (χ2v) is 6.56. The third-order valence-corrected chi connectivity index (χ3v) is 4.03. The third kappa shape index (κ3) is 9.59. The van der Waals surface area contributed by atoms with Gasteiger partial charge < -0.3 is 20.5 Å². The largest absolute Gasteiger partial charge is 0.491 e. The van der Waals surface area contributed by atoms with Gasteiger partial charge in [-0.3, -0.25) is 9.89 Å². The minimum absolute atomic E-state index is 0. The van der Waals surface area contributed by atoms with E-state index in [-0.39, 0.29) is 30.1 Å². The highest BCUT2D eigenvalue weighted by atomic mass is 127. The van der Waals surface area contributed by atoms with Crippen molar-refractivity contribution in [2.24, 2.45) is 10.7 Å². The first-order valence-corrected chi connectivity index (χ1v) is 9.23. The van der Waals surface area contributed by atoms with E-state index in [1.54, 1.807) is 0 Å². The number of guanidine groups is 1. The highest BCUT2D eigenvalue weighted by molar-refractivity contribution is 14.0. The van der Waals surface area contributed by atoms with Gasteiger partial charge in [0.05, 0.1) is 19.3 Å². The van der Waals surface area contributed by atoms with Gasteiger partial charge in [0.1, 0.15) is 5.75 Å². The quantitative estimate of drug-likeness (QED) is 0.248. The number of hydrogen-bond acceptors (Lipinski definition) is 4. The maximum Gasteiger partial charge on any atom is 0.188 e. The van der Waals surface area contributed by atoms with Crippen molar-refractivity contribution in [1.82, 2.24) is 10.2 Å². The van der Waals surface area contributed by atoms with Crippen molar-refractivity contribution in [1.29, 1.82) is 0 Å². The Morgan fingerprint density at radius 3 is 2.62 bits per heavy atom. The molecule has 3 N–H and O–H groups in total. The van der Waals surface area contributed by atoms with Gasteiger partial charge in [0.2, 0.25) is 0 Å². The molecule has 0 saturated carbocycles. The Morgan fingerprint density at radius 2 is 1.96 bits per heavy atom. The Hall–Kier alpha value is -1.06. The first-order valence-electron chi connectivity index (χ1n) is 9.23. The molecule has 0 atom stereocenters. The smallest absolute Gasteiger partial charge is 0.188 e. The number of hydrogen-bond donors (Lipinski definition) is 2. The van der Waals surface area contributed by atoms with E-state index in [1.807, 2.05) is 26.0 Å². The first-order chi connectivity index (χ1) is 12.1. The van der Waals surface area contributed by atoms with E-state index in [9.17, 15) is 0 Å². The van der Waals surface area contributed by atoms with E-state index in [2.05, 4.69) is 27.3 Å². The lowest BCUT2D eigenvalue weighted by Crippen LogP contribution is -2.37. The predicted molar refractivity (Wildman–Crippen MR) is 118 cm³/mol. The molecule has 0 unspecified atom stereocenters. The van der Waals surface area contributed by atoms with Crippen LogP contribution in [0.25, 0.3) is 0 Å². The molecule has 1 aliphatic rings. The molecule has 26 heavy (non-hydrogen) atoms. The molecule has 0 radical (unpaired) electrons. The monoisotopic (exact) mass is 476 g/mol. The summed E-state index contributed by atoms with van der Waals surface area (Å²) in [4.78, 5) is 6.80. The molecular formula is C19H33IN4O2. The highest BCUT2D eigenvalue weighted by Crippen LogP contribution is 2.13. The molecule has 2 rings (SSSR count). The van der Waals surface area contributed by atoms with Gasteiger partial charge in [-0.2, -0.15) is 0 Å². The van der Waals surface area contributed by atoms with E-state index in [4.69, 9.17) is 15.2 Å². The lowest BCUT2D eigenvalue weighted by molar-refractivity contribution is 0.0377. The van der Waals surface area contributed by atoms with Gasteiger partial charge in [0, 0.05) is 32.7 Å². The zero-order valence-electron chi connectivity index (χ0n) is 15.9. The second-order valence-electron chi connectivity index (χ2n) is 6.56. The van der Waals surface area contributed by atoms with Crippen LogP contribution < -0.4 is 15.8 Å². The Morgan fingerprint density at radius 1 is 1.27 bits per heavy atom. The standard InChI is InChI=1S/C19H32N4O2.HI/c1-16(2)25-18-6-4-17(5-7-18)8-10-22-19(20)21-9-3-11-23-12-14-24-15-13-23;/h4-7,16H,3,8-15H2,1-2H3,(H3,20,21,22);1H. The summed E-state index contributed by atoms with van der Waals surface area (Å²) in [5, 5.41) is 3.18. The molecule has 0 aliphatic carbocycles. The number of nitrogens with two attached hydrogens (primary N) is 1. The Balaban J connectivity index is 0.00000338. The maximum absolute atomic E-state index is 5.92. The van der Waals surface area contributed by atoms with E-state index in [0.717, 1.165) is 64.5 Å². The third-order valence-electron chi connectivity index (χ3n) is 4.03. The number of nitrogens with one attached hydrogen (secondary N) is 1. The number of nitrogens with zero attached hydrogens (tertiary/aromatic N) is 2. The summed E-state index contributed by atoms with van der Waals surface area (Å²) >= 11 is 0. The molecule has 1 aromatic rings. The first kappa shape index (κ1) is 23.0. The van der Waals surface area contributed by atoms with E-state index in [1.165, 1.54) is 5.56 Å². The van der Waals surface area contributed by atoms with Crippen LogP contribution in [-0.4, -0.2) is 62.9 Å². The van der Waals surface area contributed by atoms with E-state index in [0.29, 0.717) is 5.96 Å². The van der Waals surface area contributed by atoms with Crippen LogP contribution in [0.1, 0.15) is 25.8 Å². The van der Waals surface area contributed by atoms with Crippen LogP contribution in [0, 0.1) is 0 Å². The number of benzene rings is 1. The van der Waals surface area contributed by atoms with Gasteiger partial charge in [-0.25, -0.2) is 0 Å². The molecule has 1 fully saturated rings. The Kier molecular flexibility index (Phi) is 11.6. The number of morpholine rings is 1. The van der Waals surface area contributed by atoms with Gasteiger partial charge >= 0.3 is 0 Å². The average Bonchev–Trinajstić information content (AvgIpc) is 2.61. The summed E-state index contributed by atoms with van der Waals surface area (Å²) in [6, 6.07) is 8.21. The van der Waals surface area contributed by atoms with Crippen LogP contribution in [0.2, 0.25) is 0 Å². The van der Waals surface area contributed by atoms with Crippen molar-refractivity contribution < 1.29 is 9.47 Å². The number of halogens is 1. The fraction of sp³-hybridized carbons (Fsp3) is 0.632. The number of aliphatic imine (C=N–C) groups is 1. The number of ether oxygens (including phenoxy) is 2. The minimum atomic E-state index is 0. The zero-order valence-corrected chi connectivity index (χ0v) is 18.3. The van der Waals surface area contributed by atoms with Crippen LogP contribution >= 0.6 is 24.0 Å². The molecule has 0 aromatic heterocycles. The average molecular weight is 476 g/mol. The van der Waals surface area contributed by atoms with Crippen molar-refractivity contribution in [3.63, 3.8) is 0 Å². The molecule has 1 saturated heterocycles. The van der Waals surface area contributed by atoms with Gasteiger partial charge in [0.25, 0.3) is 0 Å². The van der Waals surface area contributed by atoms with Gasteiger partial charge in [-0.05, 0) is 44.4 Å². The van der Waals surface area contributed by atoms with E-state index >= 15 is 0 Å². The molecule has 6 nitrogen and oxygen atoms in total. The fourth-order valence-electron chi connectivity index (χ4n) is 2.72. The van der Waals surface area contributed by atoms with Gasteiger partial charge in [-0.1, -0.05) is 12.1 Å². The maximum atomic E-state index is 5.92. The Bertz CT molecular complexity index is 517. The molecular weight excluding hydrogens is 443 g/mol. The van der Waals surface area contributed by atoms with Crippen molar-refractivity contribution in [3.8, 4) is 5.75 Å². The number of rotatable bonds is 9.